The molecule has 3 fully saturated rings. The van der Waals surface area contributed by atoms with Crippen molar-refractivity contribution in [2.24, 2.45) is 11.8 Å². The predicted molar refractivity (Wildman–Crippen MR) is 217 cm³/mol. The molecule has 7 rings (SSSR count). The Morgan fingerprint density at radius 2 is 1.75 bits per heavy atom. The lowest BCUT2D eigenvalue weighted by atomic mass is 9.95. The van der Waals surface area contributed by atoms with Crippen LogP contribution in [-0.4, -0.2) is 109 Å². The van der Waals surface area contributed by atoms with E-state index in [1.807, 2.05) is 4.72 Å². The van der Waals surface area contributed by atoms with Crippen LogP contribution >= 0.6 is 0 Å². The molecule has 2 saturated heterocycles. The van der Waals surface area contributed by atoms with E-state index in [4.69, 9.17) is 4.74 Å². The third-order valence-electron chi connectivity index (χ3n) is 12.0. The van der Waals surface area contributed by atoms with E-state index < -0.39 is 91.8 Å². The Balaban J connectivity index is 1.20. The predicted octanol–water partition coefficient (Wildman–Crippen LogP) is 3.56. The number of carbonyl (C=O) groups is 6. The number of nitrogens with one attached hydrogen (secondary N) is 4. The third kappa shape index (κ3) is 9.11. The van der Waals surface area contributed by atoms with Crippen LogP contribution in [0.15, 0.2) is 66.3 Å². The van der Waals surface area contributed by atoms with Gasteiger partial charge in [-0.1, -0.05) is 43.9 Å². The minimum Gasteiger partial charge on any atom is -0.444 e. The summed E-state index contributed by atoms with van der Waals surface area (Å²) in [6.45, 7) is 4.23. The molecule has 0 unspecified atom stereocenters. The van der Waals surface area contributed by atoms with Crippen molar-refractivity contribution in [1.82, 2.24) is 29.7 Å². The van der Waals surface area contributed by atoms with E-state index in [2.05, 4.69) is 22.5 Å². The highest BCUT2D eigenvalue weighted by Gasteiger charge is 2.61. The van der Waals surface area contributed by atoms with Gasteiger partial charge in [0.2, 0.25) is 23.6 Å². The Morgan fingerprint density at radius 3 is 2.51 bits per heavy atom. The Bertz CT molecular complexity index is 2370. The number of halogens is 2. The number of anilines is 1. The minimum absolute atomic E-state index is 0.0583. The normalized spacial score (nSPS) is 27.6. The smallest absolute Gasteiger partial charge is 0.418 e. The molecule has 6 atom stereocenters. The second-order valence-corrected chi connectivity index (χ2v) is 17.9. The Hall–Kier alpha value is -5.85. The summed E-state index contributed by atoms with van der Waals surface area (Å²) in [5.41, 5.74) is -1.77. The van der Waals surface area contributed by atoms with E-state index >= 15 is 0 Å². The van der Waals surface area contributed by atoms with Gasteiger partial charge in [-0.15, -0.1) is 6.58 Å². The van der Waals surface area contributed by atoms with Gasteiger partial charge in [0, 0.05) is 55.6 Å². The summed E-state index contributed by atoms with van der Waals surface area (Å²) >= 11 is 0. The number of ether oxygens (including phenoxy) is 1. The first-order valence-electron chi connectivity index (χ1n) is 20.5. The molecule has 1 aliphatic carbocycles. The van der Waals surface area contributed by atoms with Gasteiger partial charge in [-0.3, -0.25) is 28.5 Å². The number of rotatable bonds is 4. The molecule has 5 amide bonds. The molecule has 3 aromatic rings. The van der Waals surface area contributed by atoms with Crippen molar-refractivity contribution in [3.8, 4) is 0 Å². The van der Waals surface area contributed by atoms with E-state index in [1.165, 1.54) is 41.6 Å². The van der Waals surface area contributed by atoms with Crippen LogP contribution in [0.2, 0.25) is 0 Å². The topological polar surface area (TPSA) is 205 Å². The highest BCUT2D eigenvalue weighted by atomic mass is 32.2. The number of piperidine rings is 1. The van der Waals surface area contributed by atoms with Crippen molar-refractivity contribution in [2.45, 2.75) is 92.8 Å². The SMILES string of the molecule is C=C[C@@H]1C[C@@]12NC(=O)[C@@H]1C[C@@H](OC(=O)n3cc4cccc(F)c4c3)CN1C(=O)[C@@H](NC(=O)[C@@H]1CCCN(C)C1=O)CCCCCCCNc1ccc(F)cc1S(=O)(=O)NC2=O. The lowest BCUT2D eigenvalue weighted by Gasteiger charge is -2.32. The minimum atomic E-state index is -4.71. The van der Waals surface area contributed by atoms with Gasteiger partial charge in [0.05, 0.1) is 12.2 Å². The number of fused-ring (bicyclic) bond motifs is 3. The summed E-state index contributed by atoms with van der Waals surface area (Å²) in [4.78, 5) is 85.4. The number of sulfonamides is 1. The maximum atomic E-state index is 14.7. The summed E-state index contributed by atoms with van der Waals surface area (Å²) in [6.07, 6.45) is 5.78. The number of benzene rings is 2. The molecule has 1 aromatic heterocycles. The number of hydrogen-bond donors (Lipinski definition) is 4. The number of likely N-dealkylation sites (tertiary alicyclic amines) is 1. The molecular weight excluding hydrogens is 817 g/mol. The van der Waals surface area contributed by atoms with Gasteiger partial charge >= 0.3 is 6.09 Å². The van der Waals surface area contributed by atoms with E-state index in [0.717, 1.165) is 21.6 Å². The molecule has 4 N–H and O–H groups in total. The quantitative estimate of drug-likeness (QED) is 0.222. The number of nitrogens with zero attached hydrogens (tertiary/aromatic N) is 3. The number of carbonyl (C=O) groups excluding carboxylic acids is 6. The second-order valence-electron chi connectivity index (χ2n) is 16.2. The molecule has 0 radical (unpaired) electrons. The Kier molecular flexibility index (Phi) is 12.5. The number of aromatic nitrogens is 1. The van der Waals surface area contributed by atoms with Crippen molar-refractivity contribution < 1.29 is 50.7 Å². The number of hydrogen-bond acceptors (Lipinski definition) is 10. The maximum Gasteiger partial charge on any atom is 0.418 e. The standard InChI is InChI=1S/C42H49F2N7O9S/c1-3-26-21-42(26)40(56)48-61(58,59)35-19-27(43)15-16-32(35)45-17-8-6-4-5-7-14-33(46-36(52)29-12-10-18-49(2)38(29)54)39(55)51-23-28(20-34(51)37(53)47-42)60-41(57)50-22-25-11-9-13-31(44)30(25)24-50/h3,9,11,13,15-16,19,22,24,26,28-29,33-34,45H,1,4-8,10,12,14,17-18,20-21,23H2,2H3,(H,46,52)(H,47,53)(H,48,56)/t26-,28-,29+,33+,34+,42-/m1/s1. The fraction of sp³-hybridized carbons (Fsp3) is 0.476. The average Bonchev–Trinajstić information content (AvgIpc) is 3.51. The molecular formula is C42H49F2N7O9S. The summed E-state index contributed by atoms with van der Waals surface area (Å²) in [6, 6.07) is 4.90. The molecule has 2 aromatic carbocycles. The van der Waals surface area contributed by atoms with Gasteiger partial charge in [-0.05, 0) is 56.4 Å². The second kappa shape index (κ2) is 17.6. The third-order valence-corrected chi connectivity index (χ3v) is 13.4. The van der Waals surface area contributed by atoms with Crippen molar-refractivity contribution in [3.63, 3.8) is 0 Å². The van der Waals surface area contributed by atoms with Gasteiger partial charge < -0.3 is 30.5 Å². The lowest BCUT2D eigenvalue weighted by molar-refractivity contribution is -0.147. The first kappa shape index (κ1) is 43.2. The van der Waals surface area contributed by atoms with Crippen molar-refractivity contribution in [3.05, 3.63) is 73.1 Å². The van der Waals surface area contributed by atoms with Crippen LogP contribution in [0.4, 0.5) is 19.3 Å². The Labute approximate surface area is 351 Å². The first-order chi connectivity index (χ1) is 29.1. The molecule has 326 valence electrons. The molecule has 3 aliphatic heterocycles. The maximum absolute atomic E-state index is 14.7. The molecule has 0 bridgehead atoms. The van der Waals surface area contributed by atoms with Crippen molar-refractivity contribution in [2.75, 3.05) is 32.0 Å². The molecule has 4 heterocycles. The largest absolute Gasteiger partial charge is 0.444 e. The molecule has 61 heavy (non-hydrogen) atoms. The van der Waals surface area contributed by atoms with E-state index in [-0.39, 0.29) is 42.8 Å². The average molecular weight is 866 g/mol. The van der Waals surface area contributed by atoms with E-state index in [9.17, 15) is 46.0 Å². The molecule has 19 heteroatoms. The zero-order valence-electron chi connectivity index (χ0n) is 33.7. The highest BCUT2D eigenvalue weighted by molar-refractivity contribution is 7.90. The lowest BCUT2D eigenvalue weighted by Crippen LogP contribution is -2.58. The highest BCUT2D eigenvalue weighted by Crippen LogP contribution is 2.45. The van der Waals surface area contributed by atoms with Crippen LogP contribution in [0.25, 0.3) is 10.8 Å². The van der Waals surface area contributed by atoms with Crippen LogP contribution in [0.3, 0.4) is 0 Å². The van der Waals surface area contributed by atoms with E-state index in [1.54, 1.807) is 13.1 Å². The molecule has 4 aliphatic rings. The summed E-state index contributed by atoms with van der Waals surface area (Å²) < 4.78 is 65.2. The fourth-order valence-corrected chi connectivity index (χ4v) is 9.75. The van der Waals surface area contributed by atoms with Gasteiger partial charge in [0.15, 0.2) is 0 Å². The van der Waals surface area contributed by atoms with Crippen LogP contribution < -0.4 is 20.7 Å². The van der Waals surface area contributed by atoms with Gasteiger partial charge in [0.25, 0.3) is 15.9 Å². The number of amides is 5. The molecule has 16 nitrogen and oxygen atoms in total. The van der Waals surface area contributed by atoms with Crippen LogP contribution in [-0.2, 0) is 38.7 Å². The van der Waals surface area contributed by atoms with Crippen LogP contribution in [0.1, 0.15) is 64.2 Å². The summed E-state index contributed by atoms with van der Waals surface area (Å²) in [5.74, 6) is -6.86. The zero-order valence-corrected chi connectivity index (χ0v) is 34.5. The summed E-state index contributed by atoms with van der Waals surface area (Å²) in [7, 11) is -3.11. The molecule has 1 saturated carbocycles. The molecule has 1 spiro atoms. The van der Waals surface area contributed by atoms with Gasteiger partial charge in [0.1, 0.15) is 46.2 Å². The van der Waals surface area contributed by atoms with Gasteiger partial charge in [-0.2, -0.15) is 0 Å². The fourth-order valence-electron chi connectivity index (χ4n) is 8.51. The van der Waals surface area contributed by atoms with Crippen LogP contribution in [0.5, 0.6) is 0 Å². The first-order valence-corrected chi connectivity index (χ1v) is 22.0. The van der Waals surface area contributed by atoms with Crippen LogP contribution in [0, 0.1) is 23.5 Å². The summed E-state index contributed by atoms with van der Waals surface area (Å²) in [5, 5.41) is 9.06. The van der Waals surface area contributed by atoms with Gasteiger partial charge in [-0.25, -0.2) is 26.7 Å². The Morgan fingerprint density at radius 1 is 0.984 bits per heavy atom. The van der Waals surface area contributed by atoms with Crippen molar-refractivity contribution in [1.29, 1.82) is 0 Å². The monoisotopic (exact) mass is 865 g/mol. The van der Waals surface area contributed by atoms with Crippen molar-refractivity contribution >= 4 is 62.1 Å². The van der Waals surface area contributed by atoms with E-state index in [0.29, 0.717) is 63.4 Å². The zero-order chi connectivity index (χ0) is 43.6.